The molecule has 0 radical (unpaired) electrons. The minimum atomic E-state index is -3.56. The average molecular weight is 1170 g/mol. The third-order valence-corrected chi connectivity index (χ3v) is 16.2. The predicted octanol–water partition coefficient (Wildman–Crippen LogP) is 4.08. The molecule has 0 spiro atoms. The molecule has 6 N–H and O–H groups in total. The van der Waals surface area contributed by atoms with E-state index in [1.54, 1.807) is 52.8 Å². The Labute approximate surface area is 474 Å². The number of benzene rings is 2. The lowest BCUT2D eigenvalue weighted by molar-refractivity contribution is -0.175. The van der Waals surface area contributed by atoms with Crippen molar-refractivity contribution in [1.82, 2.24) is 39.8 Å². The van der Waals surface area contributed by atoms with Gasteiger partial charge in [-0.05, 0) is 87.3 Å². The van der Waals surface area contributed by atoms with Crippen molar-refractivity contribution in [1.29, 1.82) is 0 Å². The maximum atomic E-state index is 14.4. The van der Waals surface area contributed by atoms with E-state index in [1.165, 1.54) is 39.7 Å². The summed E-state index contributed by atoms with van der Waals surface area (Å²) in [5.74, 6) is 2.73. The van der Waals surface area contributed by atoms with E-state index in [0.717, 1.165) is 22.8 Å². The smallest absolute Gasteiger partial charge is 0.457 e. The molecule has 0 bridgehead atoms. The molecule has 82 heavy (non-hydrogen) atoms. The van der Waals surface area contributed by atoms with Crippen LogP contribution in [0.1, 0.15) is 107 Å². The van der Waals surface area contributed by atoms with Crippen molar-refractivity contribution in [3.05, 3.63) is 111 Å². The van der Waals surface area contributed by atoms with E-state index in [-0.39, 0.29) is 80.9 Å². The SMILES string of the molecule is CC[C@@]1(OC(=O)OCc2ccc(NC(=O)[C@H](CCCNC(N)=O)NC(=O)[C@@H](NC(=O)CCCC#Cc3cnc(S(C)(=O)=O)nc3)C(C)C)cc2)C(=O)OCc2c1cc1n(c2=O)Cc2c-1nc1ccccc1c2CCN(C(C)C)S(C)(=O)=O. The van der Waals surface area contributed by atoms with Crippen molar-refractivity contribution in [2.75, 3.05) is 30.9 Å². The highest BCUT2D eigenvalue weighted by Gasteiger charge is 2.51. The number of hydrogen-bond acceptors (Lipinski definition) is 17. The lowest BCUT2D eigenvalue weighted by Gasteiger charge is -2.35. The fourth-order valence-electron chi connectivity index (χ4n) is 9.72. The number of ether oxygens (including phenoxy) is 3. The number of nitrogens with one attached hydrogen (secondary N) is 4. The van der Waals surface area contributed by atoms with Crippen LogP contribution in [0.25, 0.3) is 22.3 Å². The fourth-order valence-corrected chi connectivity index (χ4v) is 11.4. The number of nitrogens with zero attached hydrogens (tertiary/aromatic N) is 5. The molecule has 7 rings (SSSR count). The van der Waals surface area contributed by atoms with Gasteiger partial charge >= 0.3 is 18.2 Å². The van der Waals surface area contributed by atoms with Crippen LogP contribution in [0.15, 0.2) is 76.9 Å². The van der Waals surface area contributed by atoms with Gasteiger partial charge in [0, 0.05) is 72.8 Å². The Morgan fingerprint density at radius 2 is 1.63 bits per heavy atom. The van der Waals surface area contributed by atoms with Crippen LogP contribution in [0.5, 0.6) is 0 Å². The third-order valence-electron chi connectivity index (χ3n) is 13.9. The lowest BCUT2D eigenvalue weighted by atomic mass is 9.85. The monoisotopic (exact) mass is 1170 g/mol. The van der Waals surface area contributed by atoms with E-state index < -0.39 is 84.9 Å². The summed E-state index contributed by atoms with van der Waals surface area (Å²) < 4.78 is 68.5. The number of carbonyl (C=O) groups is 6. The first-order valence-electron chi connectivity index (χ1n) is 26.5. The normalized spacial score (nSPS) is 15.3. The van der Waals surface area contributed by atoms with E-state index in [1.807, 2.05) is 24.3 Å². The molecule has 24 nitrogen and oxygen atoms in total. The van der Waals surface area contributed by atoms with Gasteiger partial charge in [-0.1, -0.05) is 62.9 Å². The van der Waals surface area contributed by atoms with Gasteiger partial charge < -0.3 is 45.8 Å². The van der Waals surface area contributed by atoms with Gasteiger partial charge in [0.25, 0.3) is 5.56 Å². The third kappa shape index (κ3) is 14.6. The van der Waals surface area contributed by atoms with Gasteiger partial charge in [0.15, 0.2) is 0 Å². The molecular formula is C56H66N10O14S2. The highest BCUT2D eigenvalue weighted by molar-refractivity contribution is 7.90. The van der Waals surface area contributed by atoms with Crippen molar-refractivity contribution < 1.29 is 59.8 Å². The zero-order valence-electron chi connectivity index (χ0n) is 46.5. The van der Waals surface area contributed by atoms with Crippen molar-refractivity contribution in [3.63, 3.8) is 0 Å². The number of sulfone groups is 1. The number of carbonyl (C=O) groups excluding carboxylic acids is 6. The van der Waals surface area contributed by atoms with Gasteiger partial charge in [0.05, 0.1) is 40.8 Å². The standard InChI is InChI=1S/C56H66N10O14S2/c1-8-56(42-27-45-48-40(30-65(45)51(70)41(42)32-78-52(56)71)38(39-16-12-13-17-43(39)62-48)24-26-66(34(4)5)82(7,76)77)80-55(73)79-31-35-20-22-37(23-21-35)61-49(68)44(18-14-25-58-53(57)72)63-50(69)47(33(2)3)64-46(67)19-11-9-10-15-36-28-59-54(60-29-36)81(6,74)75/h12-13,16-17,20-23,27-29,33-34,44,47H,8-9,11,14,18-19,24-26,30-32H2,1-7H3,(H,61,68)(H,63,69)(H,64,67)(H3,57,58,72)/t44-,47-,56-/m0/s1. The van der Waals surface area contributed by atoms with Crippen LogP contribution in [0, 0.1) is 17.8 Å². The lowest BCUT2D eigenvalue weighted by Crippen LogP contribution is -2.54. The second-order valence-electron chi connectivity index (χ2n) is 20.5. The molecule has 436 valence electrons. The van der Waals surface area contributed by atoms with Gasteiger partial charge in [0.1, 0.15) is 25.3 Å². The summed E-state index contributed by atoms with van der Waals surface area (Å²) in [5, 5.41) is 11.2. The molecule has 0 aliphatic carbocycles. The summed E-state index contributed by atoms with van der Waals surface area (Å²) in [7, 11) is -7.11. The maximum Gasteiger partial charge on any atom is 0.510 e. The van der Waals surface area contributed by atoms with Crippen LogP contribution in [-0.4, -0.2) is 120 Å². The molecule has 26 heteroatoms. The Morgan fingerprint density at radius 1 is 0.927 bits per heavy atom. The summed E-state index contributed by atoms with van der Waals surface area (Å²) in [6.07, 6.45) is 4.65. The largest absolute Gasteiger partial charge is 0.510 e. The quantitative estimate of drug-likeness (QED) is 0.0261. The van der Waals surface area contributed by atoms with Crippen molar-refractivity contribution in [2.45, 2.75) is 128 Å². The van der Waals surface area contributed by atoms with Crippen LogP contribution in [0.3, 0.4) is 0 Å². The van der Waals surface area contributed by atoms with E-state index in [2.05, 4.69) is 43.1 Å². The zero-order valence-corrected chi connectivity index (χ0v) is 48.1. The number of rotatable bonds is 23. The number of amides is 5. The van der Waals surface area contributed by atoms with Crippen LogP contribution < -0.4 is 32.6 Å². The Balaban J connectivity index is 0.994. The zero-order chi connectivity index (χ0) is 59.7. The second-order valence-corrected chi connectivity index (χ2v) is 24.4. The summed E-state index contributed by atoms with van der Waals surface area (Å²) in [6, 6.07) is 12.0. The maximum absolute atomic E-state index is 14.4. The molecule has 0 unspecified atom stereocenters. The summed E-state index contributed by atoms with van der Waals surface area (Å²) in [5.41, 5.74) is 7.06. The van der Waals surface area contributed by atoms with Crippen molar-refractivity contribution in [2.24, 2.45) is 11.7 Å². The number of fused-ring (bicyclic) bond motifs is 5. The number of anilines is 1. The molecule has 3 aromatic heterocycles. The van der Waals surface area contributed by atoms with E-state index in [9.17, 15) is 50.4 Å². The Hall–Kier alpha value is -8.28. The number of para-hydroxylation sites is 1. The summed E-state index contributed by atoms with van der Waals surface area (Å²) in [6.45, 7) is 8.34. The van der Waals surface area contributed by atoms with Crippen molar-refractivity contribution in [3.8, 4) is 23.2 Å². The number of pyridine rings is 2. The molecule has 2 aliphatic heterocycles. The second kappa shape index (κ2) is 26.1. The van der Waals surface area contributed by atoms with Crippen molar-refractivity contribution >= 4 is 72.3 Å². The van der Waals surface area contributed by atoms with Gasteiger partial charge in [-0.25, -0.2) is 46.2 Å². The topological polar surface area (TPSA) is 336 Å². The number of nitrogens with two attached hydrogens (primary N) is 1. The molecular weight excluding hydrogens is 1100 g/mol. The molecule has 3 atom stereocenters. The Morgan fingerprint density at radius 3 is 2.28 bits per heavy atom. The van der Waals surface area contributed by atoms with Gasteiger partial charge in [-0.2, -0.15) is 4.31 Å². The first-order chi connectivity index (χ1) is 38.8. The molecule has 0 saturated heterocycles. The number of urea groups is 1. The predicted molar refractivity (Wildman–Crippen MR) is 300 cm³/mol. The van der Waals surface area contributed by atoms with E-state index in [0.29, 0.717) is 53.0 Å². The highest BCUT2D eigenvalue weighted by atomic mass is 32.2. The summed E-state index contributed by atoms with van der Waals surface area (Å²) in [4.78, 5) is 106. The first-order valence-corrected chi connectivity index (χ1v) is 30.3. The van der Waals surface area contributed by atoms with Gasteiger partial charge in [-0.15, -0.1) is 0 Å². The number of sulfonamides is 1. The number of unbranched alkanes of at least 4 members (excludes halogenated alkanes) is 1. The molecule has 5 aromatic rings. The highest BCUT2D eigenvalue weighted by Crippen LogP contribution is 2.42. The fraction of sp³-hybridized carbons (Fsp3) is 0.429. The van der Waals surface area contributed by atoms with Crippen LogP contribution in [-0.2, 0) is 85.0 Å². The number of esters is 1. The molecule has 5 heterocycles. The number of cyclic esters (lactones) is 1. The van der Waals surface area contributed by atoms with E-state index >= 15 is 0 Å². The minimum Gasteiger partial charge on any atom is -0.457 e. The molecule has 0 fully saturated rings. The average Bonchev–Trinajstić information content (AvgIpc) is 3.42. The van der Waals surface area contributed by atoms with Gasteiger partial charge in [0.2, 0.25) is 48.3 Å². The van der Waals surface area contributed by atoms with Gasteiger partial charge in [-0.3, -0.25) is 19.2 Å². The molecule has 2 aromatic carbocycles. The number of aromatic nitrogens is 4. The van der Waals surface area contributed by atoms with E-state index in [4.69, 9.17) is 24.9 Å². The Bertz CT molecular complexity index is 3640. The molecule has 5 amide bonds. The minimum absolute atomic E-state index is 0.0261. The number of hydrogen-bond donors (Lipinski definition) is 5. The Kier molecular flexibility index (Phi) is 19.5. The first kappa shape index (κ1) is 61.3. The number of primary amides is 1. The van der Waals surface area contributed by atoms with Crippen LogP contribution in [0.2, 0.25) is 0 Å². The summed E-state index contributed by atoms with van der Waals surface area (Å²) >= 11 is 0. The molecule has 2 aliphatic rings. The van der Waals surface area contributed by atoms with Crippen LogP contribution in [0.4, 0.5) is 15.3 Å². The molecule has 0 saturated carbocycles. The van der Waals surface area contributed by atoms with Crippen LogP contribution >= 0.6 is 0 Å².